The van der Waals surface area contributed by atoms with E-state index in [-0.39, 0.29) is 0 Å². The highest BCUT2D eigenvalue weighted by atomic mass is 32.1. The van der Waals surface area contributed by atoms with Gasteiger partial charge in [-0.1, -0.05) is 153 Å². The lowest BCUT2D eigenvalue weighted by Crippen LogP contribution is -2.49. The second-order valence-electron chi connectivity index (χ2n) is 13.6. The molecule has 9 aromatic rings. The van der Waals surface area contributed by atoms with Crippen LogP contribution in [0.2, 0.25) is 13.1 Å². The highest BCUT2D eigenvalue weighted by Crippen LogP contribution is 2.43. The molecule has 7 aromatic carbocycles. The maximum Gasteiger partial charge on any atom is 0.164 e. The fourth-order valence-corrected chi connectivity index (χ4v) is 12.1. The minimum absolute atomic E-state index is 0.672. The standard InChI is InChI=1S/C45H31N3SSi/c1-50(2)38-20-9-8-16-34(38)40-35(18-11-21-39(40)50)45-47-43(30-13-4-3-5-14-30)46-44(48-45)31-24-22-29(23-25-31)33-17-10-19-36-41(33)42-32-15-7-6-12-28(32)26-27-37(42)49-36/h3-27H,1-2H3. The van der Waals surface area contributed by atoms with E-state index < -0.39 is 8.07 Å². The molecule has 0 spiro atoms. The summed E-state index contributed by atoms with van der Waals surface area (Å²) in [5, 5.41) is 8.12. The van der Waals surface area contributed by atoms with Crippen molar-refractivity contribution >= 4 is 60.7 Å². The molecule has 3 nitrogen and oxygen atoms in total. The first-order valence-electron chi connectivity index (χ1n) is 17.0. The predicted molar refractivity (Wildman–Crippen MR) is 214 cm³/mol. The summed E-state index contributed by atoms with van der Waals surface area (Å²) in [6.07, 6.45) is 0. The molecule has 0 fully saturated rings. The van der Waals surface area contributed by atoms with Crippen molar-refractivity contribution in [3.8, 4) is 56.4 Å². The van der Waals surface area contributed by atoms with E-state index in [9.17, 15) is 0 Å². The van der Waals surface area contributed by atoms with Crippen LogP contribution in [-0.2, 0) is 0 Å². The zero-order valence-corrected chi connectivity index (χ0v) is 29.5. The van der Waals surface area contributed by atoms with Gasteiger partial charge in [0, 0.05) is 36.9 Å². The summed E-state index contributed by atoms with van der Waals surface area (Å²) in [5.41, 5.74) is 8.00. The van der Waals surface area contributed by atoms with Gasteiger partial charge in [-0.3, -0.25) is 0 Å². The van der Waals surface area contributed by atoms with Crippen molar-refractivity contribution in [1.29, 1.82) is 0 Å². The molecule has 1 aliphatic rings. The van der Waals surface area contributed by atoms with Crippen LogP contribution >= 0.6 is 11.3 Å². The van der Waals surface area contributed by atoms with E-state index in [2.05, 4.69) is 147 Å². The predicted octanol–water partition coefficient (Wildman–Crippen LogP) is 10.9. The molecule has 0 radical (unpaired) electrons. The molecule has 0 atom stereocenters. The molecule has 236 valence electrons. The number of benzene rings is 7. The summed E-state index contributed by atoms with van der Waals surface area (Å²) in [6, 6.07) is 54.4. The summed E-state index contributed by atoms with van der Waals surface area (Å²) in [5.74, 6) is 2.06. The van der Waals surface area contributed by atoms with E-state index in [4.69, 9.17) is 15.0 Å². The monoisotopic (exact) mass is 673 g/mol. The van der Waals surface area contributed by atoms with Crippen molar-refractivity contribution in [2.24, 2.45) is 0 Å². The number of nitrogens with zero attached hydrogens (tertiary/aromatic N) is 3. The molecule has 0 saturated heterocycles. The average molecular weight is 674 g/mol. The molecule has 3 heterocycles. The van der Waals surface area contributed by atoms with Gasteiger partial charge in [-0.05, 0) is 55.5 Å². The minimum Gasteiger partial charge on any atom is -0.208 e. The van der Waals surface area contributed by atoms with Crippen LogP contribution in [0.3, 0.4) is 0 Å². The van der Waals surface area contributed by atoms with Crippen molar-refractivity contribution in [3.63, 3.8) is 0 Å². The van der Waals surface area contributed by atoms with Gasteiger partial charge in [-0.25, -0.2) is 15.0 Å². The highest BCUT2D eigenvalue weighted by molar-refractivity contribution is 7.26. The summed E-state index contributed by atoms with van der Waals surface area (Å²) in [6.45, 7) is 4.89. The van der Waals surface area contributed by atoms with Crippen LogP contribution in [0.4, 0.5) is 0 Å². The molecule has 0 bridgehead atoms. The molecule has 10 rings (SSSR count). The Morgan fingerprint density at radius 1 is 0.420 bits per heavy atom. The normalized spacial score (nSPS) is 13.2. The van der Waals surface area contributed by atoms with Gasteiger partial charge < -0.3 is 0 Å². The molecule has 0 N–H and O–H groups in total. The molecule has 1 aliphatic heterocycles. The summed E-state index contributed by atoms with van der Waals surface area (Å²) in [7, 11) is -1.86. The Morgan fingerprint density at radius 3 is 1.86 bits per heavy atom. The molecule has 0 unspecified atom stereocenters. The molecular formula is C45H31N3SSi. The Balaban J connectivity index is 1.14. The zero-order chi connectivity index (χ0) is 33.4. The third kappa shape index (κ3) is 4.44. The maximum absolute atomic E-state index is 5.21. The van der Waals surface area contributed by atoms with Crippen molar-refractivity contribution in [2.45, 2.75) is 13.1 Å². The van der Waals surface area contributed by atoms with Crippen molar-refractivity contribution < 1.29 is 0 Å². The van der Waals surface area contributed by atoms with E-state index in [1.54, 1.807) is 0 Å². The van der Waals surface area contributed by atoms with Crippen LogP contribution in [0.5, 0.6) is 0 Å². The lowest BCUT2D eigenvalue weighted by atomic mass is 9.96. The fraction of sp³-hybridized carbons (Fsp3) is 0.0444. The molecule has 5 heteroatoms. The number of hydrogen-bond donors (Lipinski definition) is 0. The van der Waals surface area contributed by atoms with Gasteiger partial charge in [0.25, 0.3) is 0 Å². The average Bonchev–Trinajstić information content (AvgIpc) is 3.68. The molecule has 2 aromatic heterocycles. The molecule has 50 heavy (non-hydrogen) atoms. The lowest BCUT2D eigenvalue weighted by Gasteiger charge is -2.18. The lowest BCUT2D eigenvalue weighted by molar-refractivity contribution is 1.07. The van der Waals surface area contributed by atoms with Crippen molar-refractivity contribution in [3.05, 3.63) is 152 Å². The van der Waals surface area contributed by atoms with E-state index in [0.29, 0.717) is 17.5 Å². The third-order valence-electron chi connectivity index (χ3n) is 10.4. The largest absolute Gasteiger partial charge is 0.208 e. The molecule has 0 saturated carbocycles. The highest BCUT2D eigenvalue weighted by Gasteiger charge is 2.38. The number of fused-ring (bicyclic) bond motifs is 8. The van der Waals surface area contributed by atoms with Crippen molar-refractivity contribution in [2.75, 3.05) is 0 Å². The third-order valence-corrected chi connectivity index (χ3v) is 15.0. The van der Waals surface area contributed by atoms with Gasteiger partial charge in [0.2, 0.25) is 0 Å². The Kier molecular flexibility index (Phi) is 6.50. The van der Waals surface area contributed by atoms with Crippen LogP contribution in [0, 0.1) is 0 Å². The molecular weight excluding hydrogens is 643 g/mol. The van der Waals surface area contributed by atoms with Gasteiger partial charge in [-0.15, -0.1) is 11.3 Å². The Hall–Kier alpha value is -5.75. The number of hydrogen-bond acceptors (Lipinski definition) is 4. The summed E-state index contributed by atoms with van der Waals surface area (Å²) in [4.78, 5) is 15.4. The van der Waals surface area contributed by atoms with E-state index in [0.717, 1.165) is 16.7 Å². The molecule has 0 amide bonds. The fourth-order valence-electron chi connectivity index (χ4n) is 7.91. The Labute approximate surface area is 295 Å². The smallest absolute Gasteiger partial charge is 0.164 e. The zero-order valence-electron chi connectivity index (χ0n) is 27.7. The topological polar surface area (TPSA) is 38.7 Å². The van der Waals surface area contributed by atoms with Crippen LogP contribution in [-0.4, -0.2) is 23.0 Å². The molecule has 0 aliphatic carbocycles. The Bertz CT molecular complexity index is 2780. The van der Waals surface area contributed by atoms with Crippen LogP contribution in [0.1, 0.15) is 0 Å². The quantitative estimate of drug-likeness (QED) is 0.175. The minimum atomic E-state index is -1.86. The number of rotatable bonds is 4. The van der Waals surface area contributed by atoms with Crippen LogP contribution < -0.4 is 10.4 Å². The van der Waals surface area contributed by atoms with Crippen LogP contribution in [0.25, 0.3) is 87.4 Å². The van der Waals surface area contributed by atoms with Gasteiger partial charge in [-0.2, -0.15) is 0 Å². The van der Waals surface area contributed by atoms with Gasteiger partial charge in [0.05, 0.1) is 0 Å². The maximum atomic E-state index is 5.21. The SMILES string of the molecule is C[Si]1(C)c2ccccc2-c2c(-c3nc(-c4ccccc4)nc(-c4ccc(-c5cccc6sc7ccc8ccccc8c7c56)cc4)n3)cccc21. The van der Waals surface area contributed by atoms with Gasteiger partial charge >= 0.3 is 0 Å². The summed E-state index contributed by atoms with van der Waals surface area (Å²) < 4.78 is 2.62. The second-order valence-corrected chi connectivity index (χ2v) is 19.0. The second kappa shape index (κ2) is 11.1. The summed E-state index contributed by atoms with van der Waals surface area (Å²) >= 11 is 1.86. The van der Waals surface area contributed by atoms with Crippen LogP contribution in [0.15, 0.2) is 152 Å². The first kappa shape index (κ1) is 29.2. The van der Waals surface area contributed by atoms with Gasteiger partial charge in [0.1, 0.15) is 8.07 Å². The van der Waals surface area contributed by atoms with E-state index in [1.807, 2.05) is 29.5 Å². The number of thiophene rings is 1. The van der Waals surface area contributed by atoms with Gasteiger partial charge in [0.15, 0.2) is 17.5 Å². The van der Waals surface area contributed by atoms with E-state index in [1.165, 1.54) is 63.6 Å². The van der Waals surface area contributed by atoms with E-state index >= 15 is 0 Å². The first-order valence-corrected chi connectivity index (χ1v) is 20.9. The number of aromatic nitrogens is 3. The Morgan fingerprint density at radius 2 is 1.02 bits per heavy atom. The first-order chi connectivity index (χ1) is 24.5. The van der Waals surface area contributed by atoms with Crippen molar-refractivity contribution in [1.82, 2.24) is 15.0 Å².